The van der Waals surface area contributed by atoms with Crippen LogP contribution in [0.15, 0.2) is 29.6 Å². The van der Waals surface area contributed by atoms with Gasteiger partial charge in [0.1, 0.15) is 0 Å². The molecule has 0 unspecified atom stereocenters. The summed E-state index contributed by atoms with van der Waals surface area (Å²) >= 11 is 7.12. The fourth-order valence-electron chi connectivity index (χ4n) is 1.88. The van der Waals surface area contributed by atoms with E-state index in [1.165, 1.54) is 16.9 Å². The van der Waals surface area contributed by atoms with Crippen molar-refractivity contribution < 1.29 is 4.79 Å². The summed E-state index contributed by atoms with van der Waals surface area (Å²) in [7, 11) is 0. The van der Waals surface area contributed by atoms with Crippen molar-refractivity contribution in [3.63, 3.8) is 0 Å². The van der Waals surface area contributed by atoms with Crippen LogP contribution in [0.5, 0.6) is 0 Å². The van der Waals surface area contributed by atoms with Gasteiger partial charge in [0.05, 0.1) is 5.69 Å². The second kappa shape index (κ2) is 6.86. The number of carbonyl (C=O) groups excluding carboxylic acids is 1. The number of benzene rings is 1. The number of anilines is 1. The van der Waals surface area contributed by atoms with Crippen LogP contribution in [0.25, 0.3) is 11.3 Å². The Balaban J connectivity index is 2.23. The van der Waals surface area contributed by atoms with E-state index in [0.29, 0.717) is 18.8 Å². The molecule has 0 N–H and O–H groups in total. The number of carbonyl (C=O) groups is 1. The predicted molar refractivity (Wildman–Crippen MR) is 85.7 cm³/mol. The standard InChI is InChI=1S/C15H17ClN2OS/c1-3-18(14(19)8-9-16)15-17-13(10-20-15)12-6-4-11(2)5-7-12/h4-7,10H,3,8-9H2,1-2H3. The number of thiazole rings is 1. The van der Waals surface area contributed by atoms with E-state index in [2.05, 4.69) is 24.0 Å². The molecule has 0 fully saturated rings. The lowest BCUT2D eigenvalue weighted by atomic mass is 10.1. The van der Waals surface area contributed by atoms with Crippen molar-refractivity contribution in [1.29, 1.82) is 0 Å². The van der Waals surface area contributed by atoms with Crippen LogP contribution in [0.2, 0.25) is 0 Å². The molecule has 106 valence electrons. The SMILES string of the molecule is CCN(C(=O)CCCl)c1nc(-c2ccc(C)cc2)cs1. The van der Waals surface area contributed by atoms with Crippen molar-refractivity contribution in [2.24, 2.45) is 0 Å². The number of aryl methyl sites for hydroxylation is 1. The van der Waals surface area contributed by atoms with E-state index in [-0.39, 0.29) is 5.91 Å². The molecule has 2 aromatic rings. The van der Waals surface area contributed by atoms with Crippen LogP contribution in [0.4, 0.5) is 5.13 Å². The molecule has 0 spiro atoms. The Kier molecular flexibility index (Phi) is 5.15. The maximum Gasteiger partial charge on any atom is 0.229 e. The number of alkyl halides is 1. The monoisotopic (exact) mass is 308 g/mol. The molecular formula is C15H17ClN2OS. The molecule has 0 aliphatic carbocycles. The number of aromatic nitrogens is 1. The minimum atomic E-state index is 0.0207. The molecule has 2 rings (SSSR count). The number of hydrogen-bond donors (Lipinski definition) is 0. The van der Waals surface area contributed by atoms with Gasteiger partial charge in [0, 0.05) is 29.8 Å². The first-order valence-electron chi connectivity index (χ1n) is 6.54. The first kappa shape index (κ1) is 15.0. The highest BCUT2D eigenvalue weighted by atomic mass is 35.5. The molecule has 1 amide bonds. The van der Waals surface area contributed by atoms with Gasteiger partial charge in [0.2, 0.25) is 5.91 Å². The smallest absolute Gasteiger partial charge is 0.229 e. The maximum atomic E-state index is 12.0. The molecule has 0 aliphatic heterocycles. The summed E-state index contributed by atoms with van der Waals surface area (Å²) in [5, 5.41) is 2.72. The maximum absolute atomic E-state index is 12.0. The molecule has 0 radical (unpaired) electrons. The molecule has 0 atom stereocenters. The quantitative estimate of drug-likeness (QED) is 0.779. The minimum Gasteiger partial charge on any atom is -0.288 e. The zero-order valence-electron chi connectivity index (χ0n) is 11.6. The summed E-state index contributed by atoms with van der Waals surface area (Å²) in [6.07, 6.45) is 0.342. The van der Waals surface area contributed by atoms with Gasteiger partial charge in [-0.25, -0.2) is 4.98 Å². The molecular weight excluding hydrogens is 292 g/mol. The van der Waals surface area contributed by atoms with Gasteiger partial charge in [0.25, 0.3) is 0 Å². The van der Waals surface area contributed by atoms with Crippen LogP contribution in [0.3, 0.4) is 0 Å². The van der Waals surface area contributed by atoms with Crippen LogP contribution < -0.4 is 4.90 Å². The lowest BCUT2D eigenvalue weighted by Crippen LogP contribution is -2.30. The topological polar surface area (TPSA) is 33.2 Å². The van der Waals surface area contributed by atoms with Crippen molar-refractivity contribution >= 4 is 34.0 Å². The van der Waals surface area contributed by atoms with Gasteiger partial charge in [-0.15, -0.1) is 22.9 Å². The van der Waals surface area contributed by atoms with Crippen molar-refractivity contribution in [2.45, 2.75) is 20.3 Å². The van der Waals surface area contributed by atoms with Gasteiger partial charge < -0.3 is 0 Å². The Bertz CT molecular complexity index is 580. The fourth-order valence-corrected chi connectivity index (χ4v) is 2.96. The second-order valence-electron chi connectivity index (χ2n) is 4.46. The Morgan fingerprint density at radius 1 is 1.35 bits per heavy atom. The number of hydrogen-bond acceptors (Lipinski definition) is 3. The largest absolute Gasteiger partial charge is 0.288 e. The molecule has 1 heterocycles. The average molecular weight is 309 g/mol. The van der Waals surface area contributed by atoms with E-state index < -0.39 is 0 Å². The third-order valence-electron chi connectivity index (χ3n) is 3.00. The Morgan fingerprint density at radius 2 is 2.05 bits per heavy atom. The molecule has 3 nitrogen and oxygen atoms in total. The van der Waals surface area contributed by atoms with Crippen LogP contribution in [0.1, 0.15) is 18.9 Å². The Labute approximate surface area is 128 Å². The molecule has 20 heavy (non-hydrogen) atoms. The summed E-state index contributed by atoms with van der Waals surface area (Å²) in [5.74, 6) is 0.359. The predicted octanol–water partition coefficient (Wildman–Crippen LogP) is 4.10. The van der Waals surface area contributed by atoms with E-state index in [0.717, 1.165) is 16.4 Å². The van der Waals surface area contributed by atoms with Crippen molar-refractivity contribution in [3.8, 4) is 11.3 Å². The summed E-state index contributed by atoms with van der Waals surface area (Å²) in [6.45, 7) is 4.61. The van der Waals surface area contributed by atoms with E-state index in [4.69, 9.17) is 11.6 Å². The highest BCUT2D eigenvalue weighted by Crippen LogP contribution is 2.28. The first-order valence-corrected chi connectivity index (χ1v) is 7.96. The summed E-state index contributed by atoms with van der Waals surface area (Å²) in [6, 6.07) is 8.21. The summed E-state index contributed by atoms with van der Waals surface area (Å²) < 4.78 is 0. The zero-order chi connectivity index (χ0) is 14.5. The molecule has 1 aromatic carbocycles. The molecule has 0 aliphatic rings. The summed E-state index contributed by atoms with van der Waals surface area (Å²) in [4.78, 5) is 18.2. The van der Waals surface area contributed by atoms with E-state index in [1.807, 2.05) is 24.4 Å². The first-order chi connectivity index (χ1) is 9.65. The Hall–Kier alpha value is -1.39. The van der Waals surface area contributed by atoms with Crippen molar-refractivity contribution in [2.75, 3.05) is 17.3 Å². The third-order valence-corrected chi connectivity index (χ3v) is 4.05. The number of rotatable bonds is 5. The fraction of sp³-hybridized carbons (Fsp3) is 0.333. The van der Waals surface area contributed by atoms with E-state index >= 15 is 0 Å². The van der Waals surface area contributed by atoms with Gasteiger partial charge in [-0.3, -0.25) is 9.69 Å². The highest BCUT2D eigenvalue weighted by molar-refractivity contribution is 7.14. The summed E-state index contributed by atoms with van der Waals surface area (Å²) in [5.41, 5.74) is 3.19. The van der Waals surface area contributed by atoms with Gasteiger partial charge in [-0.1, -0.05) is 29.8 Å². The van der Waals surface area contributed by atoms with Gasteiger partial charge in [-0.2, -0.15) is 0 Å². The molecule has 1 aromatic heterocycles. The van der Waals surface area contributed by atoms with E-state index in [9.17, 15) is 4.79 Å². The van der Waals surface area contributed by atoms with Crippen molar-refractivity contribution in [1.82, 2.24) is 4.98 Å². The van der Waals surface area contributed by atoms with Crippen LogP contribution in [-0.4, -0.2) is 23.3 Å². The normalized spacial score (nSPS) is 10.6. The lowest BCUT2D eigenvalue weighted by Gasteiger charge is -2.16. The third kappa shape index (κ3) is 3.38. The lowest BCUT2D eigenvalue weighted by molar-refractivity contribution is -0.118. The van der Waals surface area contributed by atoms with E-state index in [1.54, 1.807) is 4.90 Å². The van der Waals surface area contributed by atoms with Crippen LogP contribution >= 0.6 is 22.9 Å². The van der Waals surface area contributed by atoms with Gasteiger partial charge in [0.15, 0.2) is 5.13 Å². The highest BCUT2D eigenvalue weighted by Gasteiger charge is 2.17. The Morgan fingerprint density at radius 3 is 2.65 bits per heavy atom. The average Bonchev–Trinajstić information content (AvgIpc) is 2.90. The number of halogens is 1. The molecule has 0 saturated carbocycles. The van der Waals surface area contributed by atoms with Gasteiger partial charge >= 0.3 is 0 Å². The minimum absolute atomic E-state index is 0.0207. The molecule has 0 saturated heterocycles. The zero-order valence-corrected chi connectivity index (χ0v) is 13.2. The van der Waals surface area contributed by atoms with Crippen LogP contribution in [0, 0.1) is 6.92 Å². The number of amides is 1. The molecule has 0 bridgehead atoms. The van der Waals surface area contributed by atoms with Crippen molar-refractivity contribution in [3.05, 3.63) is 35.2 Å². The number of nitrogens with zero attached hydrogens (tertiary/aromatic N) is 2. The van der Waals surface area contributed by atoms with Gasteiger partial charge in [-0.05, 0) is 13.8 Å². The van der Waals surface area contributed by atoms with Crippen LogP contribution in [-0.2, 0) is 4.79 Å². The molecule has 5 heteroatoms. The second-order valence-corrected chi connectivity index (χ2v) is 5.67.